The summed E-state index contributed by atoms with van der Waals surface area (Å²) in [5.41, 5.74) is -2.60. The van der Waals surface area contributed by atoms with Crippen molar-refractivity contribution in [2.24, 2.45) is 10.2 Å². The Bertz CT molecular complexity index is 973. The average Bonchev–Trinajstić information content (AvgIpc) is 3.05. The molecule has 0 heterocycles. The predicted molar refractivity (Wildman–Crippen MR) is 213 cm³/mol. The van der Waals surface area contributed by atoms with E-state index in [0.717, 1.165) is 102 Å². The van der Waals surface area contributed by atoms with Crippen LogP contribution >= 0.6 is 66.5 Å². The summed E-state index contributed by atoms with van der Waals surface area (Å²) < 4.78 is 10.7. The number of unbranched alkanes of at least 4 members (excludes halogenated alkanes) is 16. The molecule has 0 N–H and O–H groups in total. The molecule has 0 rings (SSSR count). The van der Waals surface area contributed by atoms with Gasteiger partial charge in [0, 0.05) is 12.8 Å². The van der Waals surface area contributed by atoms with E-state index in [2.05, 4.69) is 22.4 Å². The van der Waals surface area contributed by atoms with Gasteiger partial charge in [-0.25, -0.2) is 0 Å². The minimum Gasteiger partial charge on any atom is -0.466 e. The SMILES string of the molecule is CC(C#N)(CCC(=O)OCCCCCCCCCCC[Si](Cl)(Cl)Cl)N=NC(C)(C#N)CCC(=O)OCCCCCCCCCCC[Si](Cl)(Cl)Cl. The predicted octanol–water partition coefficient (Wildman–Crippen LogP) is 13.0. The Balaban J connectivity index is 4.10. The molecule has 0 spiro atoms. The lowest BCUT2D eigenvalue weighted by atomic mass is 9.97. The number of carbonyl (C=O) groups is 2. The normalized spacial score (nSPS) is 14.4. The van der Waals surface area contributed by atoms with Crippen molar-refractivity contribution in [1.82, 2.24) is 0 Å². The molecule has 0 aromatic rings. The van der Waals surface area contributed by atoms with Gasteiger partial charge in [-0.15, -0.1) is 66.5 Å². The van der Waals surface area contributed by atoms with Crippen LogP contribution in [0.15, 0.2) is 10.2 Å². The van der Waals surface area contributed by atoms with Crippen molar-refractivity contribution in [2.45, 2.75) is 178 Å². The molecule has 0 fully saturated rings. The lowest BCUT2D eigenvalue weighted by Gasteiger charge is -2.19. The number of carbonyl (C=O) groups excluding carboxylic acids is 2. The van der Waals surface area contributed by atoms with Gasteiger partial charge < -0.3 is 9.47 Å². The molecule has 0 bridgehead atoms. The van der Waals surface area contributed by atoms with Crippen molar-refractivity contribution >= 4 is 90.4 Å². The van der Waals surface area contributed by atoms with Gasteiger partial charge in [0.05, 0.1) is 25.4 Å². The minimum absolute atomic E-state index is 0.0141. The maximum absolute atomic E-state index is 12.3. The van der Waals surface area contributed by atoms with E-state index in [4.69, 9.17) is 75.9 Å². The Morgan fingerprint density at radius 3 is 1.04 bits per heavy atom. The first-order valence-electron chi connectivity index (χ1n) is 18.2. The van der Waals surface area contributed by atoms with Gasteiger partial charge in [0.2, 0.25) is 0 Å². The largest absolute Gasteiger partial charge is 0.466 e. The van der Waals surface area contributed by atoms with Crippen LogP contribution in [0.25, 0.3) is 0 Å². The van der Waals surface area contributed by atoms with Crippen LogP contribution in [-0.2, 0) is 19.1 Å². The van der Waals surface area contributed by atoms with Crippen LogP contribution in [0.2, 0.25) is 12.1 Å². The molecule has 0 radical (unpaired) electrons. The topological polar surface area (TPSA) is 125 Å². The molecule has 0 aliphatic carbocycles. The van der Waals surface area contributed by atoms with Crippen LogP contribution in [-0.4, -0.2) is 48.2 Å². The molecule has 2 unspecified atom stereocenters. The van der Waals surface area contributed by atoms with Crippen LogP contribution in [0.3, 0.4) is 0 Å². The fourth-order valence-corrected chi connectivity index (χ4v) is 8.72. The van der Waals surface area contributed by atoms with Crippen molar-refractivity contribution in [1.29, 1.82) is 10.5 Å². The van der Waals surface area contributed by atoms with E-state index in [0.29, 0.717) is 13.2 Å². The molecule has 0 aliphatic heterocycles. The van der Waals surface area contributed by atoms with E-state index in [1.807, 2.05) is 0 Å². The fraction of sp³-hybridized carbons (Fsp3) is 0.882. The second kappa shape index (κ2) is 29.1. The van der Waals surface area contributed by atoms with Crippen LogP contribution in [0, 0.1) is 22.7 Å². The van der Waals surface area contributed by atoms with E-state index in [-0.39, 0.29) is 25.7 Å². The quantitative estimate of drug-likeness (QED) is 0.0218. The summed E-state index contributed by atoms with van der Waals surface area (Å²) in [5, 5.41) is 27.7. The molecule has 2 atom stereocenters. The maximum atomic E-state index is 12.3. The number of hydrogen-bond acceptors (Lipinski definition) is 8. The van der Waals surface area contributed by atoms with E-state index in [9.17, 15) is 20.1 Å². The number of esters is 2. The minimum atomic E-state index is -2.48. The standard InChI is InChI=1S/C34H58Cl6N4O4Si2/c1-33(29-41,23-21-31(45)47-25-17-13-9-5-3-7-11-15-19-27-49(35,36)37)43-44-34(2,30-42)24-22-32(46)48-26-18-14-10-6-4-8-12-16-20-28-50(38,39)40/h3-28H2,1-2H3. The molecule has 0 amide bonds. The molecule has 0 saturated carbocycles. The van der Waals surface area contributed by atoms with Crippen LogP contribution in [0.4, 0.5) is 0 Å². The van der Waals surface area contributed by atoms with Gasteiger partial charge in [-0.2, -0.15) is 20.8 Å². The third-order valence-corrected chi connectivity index (χ3v) is 13.6. The first kappa shape index (κ1) is 49.7. The summed E-state index contributed by atoms with van der Waals surface area (Å²) in [7, 11) is 0. The van der Waals surface area contributed by atoms with E-state index < -0.39 is 35.0 Å². The number of halogens is 6. The highest BCUT2D eigenvalue weighted by molar-refractivity contribution is 7.65. The Kier molecular flexibility index (Phi) is 28.9. The zero-order chi connectivity index (χ0) is 37.8. The lowest BCUT2D eigenvalue weighted by molar-refractivity contribution is -0.145. The Morgan fingerprint density at radius 1 is 0.520 bits per heavy atom. The van der Waals surface area contributed by atoms with Crippen molar-refractivity contribution in [3.05, 3.63) is 0 Å². The molecule has 8 nitrogen and oxygen atoms in total. The summed E-state index contributed by atoms with van der Waals surface area (Å²) in [6.45, 7) is 3.82. The number of nitrogens with zero attached hydrogens (tertiary/aromatic N) is 4. The Labute approximate surface area is 331 Å². The van der Waals surface area contributed by atoms with Gasteiger partial charge in [-0.3, -0.25) is 9.59 Å². The van der Waals surface area contributed by atoms with E-state index in [1.165, 1.54) is 25.7 Å². The molecule has 0 aliphatic rings. The van der Waals surface area contributed by atoms with Crippen molar-refractivity contribution in [3.63, 3.8) is 0 Å². The monoisotopic (exact) mass is 852 g/mol. The Morgan fingerprint density at radius 2 is 0.780 bits per heavy atom. The zero-order valence-corrected chi connectivity index (χ0v) is 36.6. The molecule has 288 valence electrons. The van der Waals surface area contributed by atoms with Crippen LogP contribution < -0.4 is 0 Å². The first-order chi connectivity index (χ1) is 23.5. The van der Waals surface area contributed by atoms with Crippen LogP contribution in [0.5, 0.6) is 0 Å². The van der Waals surface area contributed by atoms with Crippen molar-refractivity contribution in [2.75, 3.05) is 13.2 Å². The Hall–Kier alpha value is -0.306. The molecule has 0 aromatic carbocycles. The third kappa shape index (κ3) is 32.4. The van der Waals surface area contributed by atoms with E-state index >= 15 is 0 Å². The van der Waals surface area contributed by atoms with Gasteiger partial charge in [0.15, 0.2) is 11.1 Å². The van der Waals surface area contributed by atoms with E-state index in [1.54, 1.807) is 13.8 Å². The number of rotatable bonds is 32. The molecular weight excluding hydrogens is 797 g/mol. The highest BCUT2D eigenvalue weighted by Gasteiger charge is 2.30. The van der Waals surface area contributed by atoms with Gasteiger partial charge in [0.1, 0.15) is 0 Å². The molecule has 0 aromatic heterocycles. The molecule has 50 heavy (non-hydrogen) atoms. The lowest BCUT2D eigenvalue weighted by Crippen LogP contribution is -2.25. The zero-order valence-electron chi connectivity index (χ0n) is 30.1. The smallest absolute Gasteiger partial charge is 0.341 e. The maximum Gasteiger partial charge on any atom is 0.341 e. The average molecular weight is 856 g/mol. The number of hydrogen-bond donors (Lipinski definition) is 0. The molecule has 16 heteroatoms. The van der Waals surface area contributed by atoms with Gasteiger partial charge in [-0.05, 0) is 51.6 Å². The summed E-state index contributed by atoms with van der Waals surface area (Å²) in [4.78, 5) is 24.5. The molecular formula is C34H58Cl6N4O4Si2. The summed E-state index contributed by atoms with van der Waals surface area (Å²) in [5.74, 6) is -0.784. The number of ether oxygens (including phenoxy) is 2. The highest BCUT2D eigenvalue weighted by atomic mass is 35.8. The summed E-state index contributed by atoms with van der Waals surface area (Å²) >= 11 is 35.4. The van der Waals surface area contributed by atoms with Gasteiger partial charge in [-0.1, -0.05) is 103 Å². The summed E-state index contributed by atoms with van der Waals surface area (Å²) in [6, 6.07) is 0.670. The summed E-state index contributed by atoms with van der Waals surface area (Å²) in [6.07, 6.45) is 19.5. The second-order valence-corrected chi connectivity index (χ2v) is 32.1. The van der Waals surface area contributed by atoms with Gasteiger partial charge >= 0.3 is 23.9 Å². The van der Waals surface area contributed by atoms with Crippen molar-refractivity contribution < 1.29 is 19.1 Å². The first-order valence-corrected chi connectivity index (χ1v) is 28.7. The van der Waals surface area contributed by atoms with Crippen LogP contribution in [0.1, 0.15) is 155 Å². The van der Waals surface area contributed by atoms with Crippen molar-refractivity contribution in [3.8, 4) is 12.1 Å². The molecule has 0 saturated heterocycles. The third-order valence-electron chi connectivity index (χ3n) is 8.34. The highest BCUT2D eigenvalue weighted by Crippen LogP contribution is 2.29. The fourth-order valence-electron chi connectivity index (χ4n) is 5.01. The van der Waals surface area contributed by atoms with Gasteiger partial charge in [0.25, 0.3) is 0 Å². The number of azo groups is 1. The number of nitriles is 2. The second-order valence-electron chi connectivity index (χ2n) is 13.5.